The number of ether oxygens (including phenoxy) is 1. The molecule has 0 atom stereocenters. The lowest BCUT2D eigenvalue weighted by Crippen LogP contribution is -2.24. The third-order valence-electron chi connectivity index (χ3n) is 7.21. The second-order valence-corrected chi connectivity index (χ2v) is 10.1. The van der Waals surface area contributed by atoms with Crippen LogP contribution in [0.1, 0.15) is 15.9 Å². The van der Waals surface area contributed by atoms with E-state index in [1.165, 1.54) is 26.2 Å². The molecule has 0 aliphatic heterocycles. The number of rotatable bonds is 6. The maximum atomic E-state index is 14.2. The van der Waals surface area contributed by atoms with Gasteiger partial charge in [0.2, 0.25) is 0 Å². The van der Waals surface area contributed by atoms with Gasteiger partial charge in [0.15, 0.2) is 0 Å². The summed E-state index contributed by atoms with van der Waals surface area (Å²) in [4.78, 5) is 29.9. The molecule has 0 aliphatic carbocycles. The lowest BCUT2D eigenvalue weighted by atomic mass is 10.0. The van der Waals surface area contributed by atoms with Crippen molar-refractivity contribution in [2.45, 2.75) is 6.18 Å². The highest BCUT2D eigenvalue weighted by Gasteiger charge is 2.34. The number of anilines is 1. The van der Waals surface area contributed by atoms with Gasteiger partial charge in [0.05, 0.1) is 5.56 Å². The summed E-state index contributed by atoms with van der Waals surface area (Å²) in [7, 11) is 3.05. The van der Waals surface area contributed by atoms with Crippen LogP contribution in [0.4, 0.5) is 23.7 Å². The van der Waals surface area contributed by atoms with Gasteiger partial charge in [-0.25, -0.2) is 4.79 Å². The molecule has 0 unspecified atom stereocenters. The van der Waals surface area contributed by atoms with Gasteiger partial charge in [-0.3, -0.25) is 4.79 Å². The van der Waals surface area contributed by atoms with Crippen molar-refractivity contribution >= 4 is 39.4 Å². The summed E-state index contributed by atoms with van der Waals surface area (Å²) in [6, 6.07) is 24.5. The molecule has 44 heavy (non-hydrogen) atoms. The highest BCUT2D eigenvalue weighted by molar-refractivity contribution is 5.99. The normalized spacial score (nSPS) is 11.5. The summed E-state index contributed by atoms with van der Waals surface area (Å²) < 4.78 is 48.4. The molecule has 8 nitrogen and oxygen atoms in total. The van der Waals surface area contributed by atoms with Crippen LogP contribution in [0.3, 0.4) is 0 Å². The maximum absolute atomic E-state index is 14.2. The summed E-state index contributed by atoms with van der Waals surface area (Å²) in [5.41, 5.74) is 3.46. The smallest absolute Gasteiger partial charge is 0.417 e. The summed E-state index contributed by atoms with van der Waals surface area (Å²) in [5.74, 6) is 0.115. The molecule has 4 aromatic carbocycles. The van der Waals surface area contributed by atoms with Gasteiger partial charge in [0, 0.05) is 64.1 Å². The van der Waals surface area contributed by atoms with Crippen molar-refractivity contribution in [3.05, 3.63) is 102 Å². The van der Waals surface area contributed by atoms with E-state index < -0.39 is 11.7 Å². The molecule has 0 spiro atoms. The number of alkyl halides is 3. The first-order chi connectivity index (χ1) is 21.1. The van der Waals surface area contributed by atoms with E-state index in [-0.39, 0.29) is 28.9 Å². The molecule has 0 bridgehead atoms. The number of carbonyl (C=O) groups is 2. The van der Waals surface area contributed by atoms with E-state index in [1.54, 1.807) is 54.6 Å². The maximum Gasteiger partial charge on any atom is 0.417 e. The van der Waals surface area contributed by atoms with Crippen molar-refractivity contribution in [3.63, 3.8) is 0 Å². The van der Waals surface area contributed by atoms with Gasteiger partial charge >= 0.3 is 12.2 Å². The number of fused-ring (bicyclic) bond motifs is 2. The Bertz CT molecular complexity index is 2030. The fraction of sp³-hybridized carbons (Fsp3) is 0.0909. The molecule has 6 aromatic rings. The summed E-state index contributed by atoms with van der Waals surface area (Å²) in [6.07, 6.45) is -4.64. The Balaban J connectivity index is 1.24. The van der Waals surface area contributed by atoms with E-state index in [9.17, 15) is 22.8 Å². The molecule has 0 aliphatic rings. The first-order valence-electron chi connectivity index (χ1n) is 13.6. The van der Waals surface area contributed by atoms with Crippen molar-refractivity contribution in [1.29, 1.82) is 0 Å². The SMILES string of the molecule is CNC(=O)Nc1ccc2cc(-c3ccc(Oc4ccc(-c5cc6ccc(C(=O)NC)cc6[nH]5)c(C(F)(F)F)c4)cc3)[nH]c2c1. The molecule has 2 heterocycles. The molecular weight excluding hydrogens is 571 g/mol. The number of aromatic amines is 2. The second kappa shape index (κ2) is 11.2. The van der Waals surface area contributed by atoms with E-state index in [1.807, 2.05) is 18.2 Å². The minimum absolute atomic E-state index is 0.0357. The number of hydrogen-bond acceptors (Lipinski definition) is 3. The third-order valence-corrected chi connectivity index (χ3v) is 7.21. The highest BCUT2D eigenvalue weighted by atomic mass is 19.4. The molecule has 3 amide bonds. The Morgan fingerprint density at radius 3 is 2.07 bits per heavy atom. The molecule has 6 rings (SSSR count). The van der Waals surface area contributed by atoms with Gasteiger partial charge in [-0.2, -0.15) is 13.2 Å². The molecule has 5 N–H and O–H groups in total. The van der Waals surface area contributed by atoms with Gasteiger partial charge in [0.1, 0.15) is 11.5 Å². The number of carbonyl (C=O) groups excluding carboxylic acids is 2. The lowest BCUT2D eigenvalue weighted by molar-refractivity contribution is -0.137. The van der Waals surface area contributed by atoms with E-state index in [0.29, 0.717) is 27.9 Å². The number of urea groups is 1. The van der Waals surface area contributed by atoms with Crippen LogP contribution in [0.15, 0.2) is 91.0 Å². The van der Waals surface area contributed by atoms with E-state index >= 15 is 0 Å². The first kappa shape index (κ1) is 28.4. The number of benzene rings is 4. The van der Waals surface area contributed by atoms with Crippen LogP contribution in [0.25, 0.3) is 44.3 Å². The fourth-order valence-electron chi connectivity index (χ4n) is 5.01. The van der Waals surface area contributed by atoms with Crippen molar-refractivity contribution < 1.29 is 27.5 Å². The number of amides is 3. The van der Waals surface area contributed by atoms with Gasteiger partial charge < -0.3 is 30.7 Å². The van der Waals surface area contributed by atoms with Crippen LogP contribution >= 0.6 is 0 Å². The minimum atomic E-state index is -4.64. The Hall–Kier alpha value is -5.71. The standard InChI is InChI=1S/C33H26F3N5O3/c1-37-31(42)21-4-3-19-14-30(41-28(19)15-21)25-12-11-24(17-26(25)33(34,35)36)44-23-9-6-18(7-10-23)27-13-20-5-8-22(16-29(20)40-27)39-32(43)38-2/h3-17,40-41H,1-2H3,(H,37,42)(H2,38,39,43). The number of H-pyrrole nitrogens is 2. The first-order valence-corrected chi connectivity index (χ1v) is 13.6. The van der Waals surface area contributed by atoms with Crippen LogP contribution in [0.5, 0.6) is 11.5 Å². The number of hydrogen-bond donors (Lipinski definition) is 5. The predicted octanol–water partition coefficient (Wildman–Crippen LogP) is 7.91. The quantitative estimate of drug-likeness (QED) is 0.135. The molecule has 11 heteroatoms. The van der Waals surface area contributed by atoms with Gasteiger partial charge in [-0.1, -0.05) is 12.1 Å². The summed E-state index contributed by atoms with van der Waals surface area (Å²) in [6.45, 7) is 0. The van der Waals surface area contributed by atoms with Crippen LogP contribution in [-0.4, -0.2) is 36.0 Å². The predicted molar refractivity (Wildman–Crippen MR) is 164 cm³/mol. The topological polar surface area (TPSA) is 111 Å². The van der Waals surface area contributed by atoms with E-state index in [2.05, 4.69) is 25.9 Å². The van der Waals surface area contributed by atoms with Crippen LogP contribution in [0, 0.1) is 0 Å². The molecule has 2 aromatic heterocycles. The van der Waals surface area contributed by atoms with Gasteiger partial charge in [-0.05, 0) is 84.4 Å². The molecule has 222 valence electrons. The molecule has 0 saturated carbocycles. The number of nitrogens with one attached hydrogen (secondary N) is 5. The Morgan fingerprint density at radius 2 is 1.36 bits per heavy atom. The lowest BCUT2D eigenvalue weighted by Gasteiger charge is -2.14. The van der Waals surface area contributed by atoms with Crippen molar-refractivity contribution in [2.24, 2.45) is 0 Å². The van der Waals surface area contributed by atoms with Crippen LogP contribution in [-0.2, 0) is 6.18 Å². The molecule has 0 radical (unpaired) electrons. The summed E-state index contributed by atoms with van der Waals surface area (Å²) >= 11 is 0. The van der Waals surface area contributed by atoms with Crippen molar-refractivity contribution in [2.75, 3.05) is 19.4 Å². The van der Waals surface area contributed by atoms with Crippen LogP contribution in [0.2, 0.25) is 0 Å². The summed E-state index contributed by atoms with van der Waals surface area (Å²) in [5, 5.41) is 9.40. The molecular formula is C33H26F3N5O3. The van der Waals surface area contributed by atoms with Crippen molar-refractivity contribution in [3.8, 4) is 34.0 Å². The Labute approximate surface area is 249 Å². The Kier molecular flexibility index (Phi) is 7.22. The monoisotopic (exact) mass is 597 g/mol. The molecule has 0 fully saturated rings. The second-order valence-electron chi connectivity index (χ2n) is 10.1. The van der Waals surface area contributed by atoms with Crippen molar-refractivity contribution in [1.82, 2.24) is 20.6 Å². The average Bonchev–Trinajstić information content (AvgIpc) is 3.64. The number of halogens is 3. The fourth-order valence-corrected chi connectivity index (χ4v) is 5.01. The third kappa shape index (κ3) is 5.67. The van der Waals surface area contributed by atoms with Gasteiger partial charge in [0.25, 0.3) is 5.91 Å². The number of aromatic nitrogens is 2. The zero-order chi connectivity index (χ0) is 31.0. The zero-order valence-corrected chi connectivity index (χ0v) is 23.5. The zero-order valence-electron chi connectivity index (χ0n) is 23.5. The van der Waals surface area contributed by atoms with E-state index in [4.69, 9.17) is 4.74 Å². The van der Waals surface area contributed by atoms with E-state index in [0.717, 1.165) is 28.2 Å². The largest absolute Gasteiger partial charge is 0.457 e. The average molecular weight is 598 g/mol. The molecule has 0 saturated heterocycles. The van der Waals surface area contributed by atoms with Gasteiger partial charge in [-0.15, -0.1) is 0 Å². The minimum Gasteiger partial charge on any atom is -0.457 e. The van der Waals surface area contributed by atoms with Crippen LogP contribution < -0.4 is 20.7 Å². The Morgan fingerprint density at radius 1 is 0.705 bits per heavy atom. The highest BCUT2D eigenvalue weighted by Crippen LogP contribution is 2.40.